The van der Waals surface area contributed by atoms with Crippen LogP contribution in [0.15, 0.2) is 60.7 Å². The molecule has 0 saturated heterocycles. The third-order valence-corrected chi connectivity index (χ3v) is 11.0. The van der Waals surface area contributed by atoms with E-state index < -0.39 is 8.07 Å². The molecular weight excluding hydrogens is 335 g/mol. The fourth-order valence-electron chi connectivity index (χ4n) is 4.32. The van der Waals surface area contributed by atoms with Gasteiger partial charge in [0.2, 0.25) is 0 Å². The highest BCUT2D eigenvalue weighted by Gasteiger charge is 2.35. The maximum Gasteiger partial charge on any atom is 0.123 e. The van der Waals surface area contributed by atoms with Gasteiger partial charge in [-0.15, -0.1) is 0 Å². The summed E-state index contributed by atoms with van der Waals surface area (Å²) < 4.78 is 13.2. The van der Waals surface area contributed by atoms with Crippen LogP contribution in [-0.2, 0) is 0 Å². The standard InChI is InChI=1S/C24H31FSi/c1-2-3-4-5-9-18-26(24-10-7-6-8-11-24)19-16-22(17-20-26)21-12-14-23(25)15-13-21/h6-8,10-16H,2-5,9,17-20H2,1H3. The molecule has 138 valence electrons. The Balaban J connectivity index is 1.74. The lowest BCUT2D eigenvalue weighted by atomic mass is 10.0. The van der Waals surface area contributed by atoms with Crippen molar-refractivity contribution in [3.63, 3.8) is 0 Å². The SMILES string of the molecule is CCCCCCC[Si]1(c2ccccc2)CC=C(c2ccc(F)cc2)CC1. The molecule has 0 N–H and O–H groups in total. The van der Waals surface area contributed by atoms with Crippen LogP contribution < -0.4 is 5.19 Å². The second kappa shape index (κ2) is 9.32. The molecule has 1 atom stereocenters. The maximum atomic E-state index is 13.2. The normalized spacial score (nSPS) is 20.0. The zero-order valence-corrected chi connectivity index (χ0v) is 17.0. The number of halogens is 1. The summed E-state index contributed by atoms with van der Waals surface area (Å²) in [6, 6.07) is 22.3. The van der Waals surface area contributed by atoms with Gasteiger partial charge in [0.1, 0.15) is 5.82 Å². The first kappa shape index (κ1) is 19.1. The summed E-state index contributed by atoms with van der Waals surface area (Å²) in [5.74, 6) is -0.148. The van der Waals surface area contributed by atoms with E-state index in [2.05, 4.69) is 43.3 Å². The predicted molar refractivity (Wildman–Crippen MR) is 114 cm³/mol. The summed E-state index contributed by atoms with van der Waals surface area (Å²) in [5, 5.41) is 1.63. The molecule has 1 heterocycles. The highest BCUT2D eigenvalue weighted by Crippen LogP contribution is 2.36. The first-order valence-electron chi connectivity index (χ1n) is 10.2. The lowest BCUT2D eigenvalue weighted by molar-refractivity contribution is 0.627. The van der Waals surface area contributed by atoms with Gasteiger partial charge in [0.05, 0.1) is 8.07 Å². The van der Waals surface area contributed by atoms with Crippen LogP contribution in [0.3, 0.4) is 0 Å². The van der Waals surface area contributed by atoms with Crippen molar-refractivity contribution in [3.05, 3.63) is 72.1 Å². The molecule has 1 aliphatic heterocycles. The lowest BCUT2D eigenvalue weighted by Crippen LogP contribution is -2.48. The smallest absolute Gasteiger partial charge is 0.123 e. The molecule has 0 nitrogen and oxygen atoms in total. The summed E-state index contributed by atoms with van der Waals surface area (Å²) in [6.45, 7) is 2.28. The van der Waals surface area contributed by atoms with Crippen molar-refractivity contribution in [1.29, 1.82) is 0 Å². The number of hydrogen-bond donors (Lipinski definition) is 0. The topological polar surface area (TPSA) is 0 Å². The zero-order valence-electron chi connectivity index (χ0n) is 16.0. The van der Waals surface area contributed by atoms with Crippen LogP contribution in [0.5, 0.6) is 0 Å². The van der Waals surface area contributed by atoms with Crippen molar-refractivity contribution in [3.8, 4) is 0 Å². The van der Waals surface area contributed by atoms with Gasteiger partial charge in [-0.25, -0.2) is 4.39 Å². The zero-order chi connectivity index (χ0) is 18.2. The number of hydrogen-bond acceptors (Lipinski definition) is 0. The molecule has 2 aromatic rings. The van der Waals surface area contributed by atoms with Gasteiger partial charge >= 0.3 is 0 Å². The van der Waals surface area contributed by atoms with Crippen molar-refractivity contribution in [2.45, 2.75) is 63.6 Å². The number of rotatable bonds is 8. The minimum Gasteiger partial charge on any atom is -0.207 e. The van der Waals surface area contributed by atoms with Crippen LogP contribution in [-0.4, -0.2) is 8.07 Å². The third kappa shape index (κ3) is 4.73. The molecule has 0 bridgehead atoms. The van der Waals surface area contributed by atoms with E-state index in [0.717, 1.165) is 6.42 Å². The molecule has 0 radical (unpaired) electrons. The molecule has 0 fully saturated rings. The molecule has 0 aliphatic carbocycles. The van der Waals surface area contributed by atoms with Gasteiger partial charge in [0.25, 0.3) is 0 Å². The van der Waals surface area contributed by atoms with Gasteiger partial charge in [-0.1, -0.05) is 98.8 Å². The van der Waals surface area contributed by atoms with Crippen molar-refractivity contribution >= 4 is 18.8 Å². The molecule has 26 heavy (non-hydrogen) atoms. The fourth-order valence-corrected chi connectivity index (χ4v) is 9.00. The van der Waals surface area contributed by atoms with Gasteiger partial charge in [-0.05, 0) is 41.8 Å². The van der Waals surface area contributed by atoms with Gasteiger partial charge in [-0.2, -0.15) is 0 Å². The molecule has 0 saturated carbocycles. The van der Waals surface area contributed by atoms with Crippen LogP contribution in [0.1, 0.15) is 51.0 Å². The van der Waals surface area contributed by atoms with Crippen molar-refractivity contribution < 1.29 is 4.39 Å². The highest BCUT2D eigenvalue weighted by molar-refractivity contribution is 6.92. The lowest BCUT2D eigenvalue weighted by Gasteiger charge is -2.35. The molecule has 2 heteroatoms. The molecule has 1 unspecified atom stereocenters. The first-order chi connectivity index (χ1) is 12.7. The second-order valence-electron chi connectivity index (χ2n) is 7.75. The summed E-state index contributed by atoms with van der Waals surface area (Å²) in [7, 11) is -1.46. The van der Waals surface area contributed by atoms with Crippen LogP contribution in [0.25, 0.3) is 5.57 Å². The van der Waals surface area contributed by atoms with E-state index >= 15 is 0 Å². The van der Waals surface area contributed by atoms with Crippen LogP contribution in [0.2, 0.25) is 18.1 Å². The summed E-state index contributed by atoms with van der Waals surface area (Å²) >= 11 is 0. The molecule has 0 spiro atoms. The van der Waals surface area contributed by atoms with E-state index in [4.69, 9.17) is 0 Å². The minimum atomic E-state index is -1.46. The summed E-state index contributed by atoms with van der Waals surface area (Å²) in [4.78, 5) is 0. The number of allylic oxidation sites excluding steroid dienone is 2. The average molecular weight is 367 g/mol. The maximum absolute atomic E-state index is 13.2. The summed E-state index contributed by atoms with van der Waals surface area (Å²) in [6.07, 6.45) is 10.4. The Kier molecular flexibility index (Phi) is 6.84. The minimum absolute atomic E-state index is 0.148. The molecule has 2 aromatic carbocycles. The van der Waals surface area contributed by atoms with Gasteiger partial charge < -0.3 is 0 Å². The molecule has 0 aromatic heterocycles. The van der Waals surface area contributed by atoms with Crippen LogP contribution >= 0.6 is 0 Å². The quantitative estimate of drug-likeness (QED) is 0.350. The predicted octanol–water partition coefficient (Wildman–Crippen LogP) is 6.94. The van der Waals surface area contributed by atoms with E-state index in [1.54, 1.807) is 17.3 Å². The second-order valence-corrected chi connectivity index (χ2v) is 12.3. The Morgan fingerprint density at radius 3 is 2.27 bits per heavy atom. The van der Waals surface area contributed by atoms with E-state index in [-0.39, 0.29) is 5.82 Å². The first-order valence-corrected chi connectivity index (χ1v) is 12.9. The van der Waals surface area contributed by atoms with E-state index in [1.807, 2.05) is 12.1 Å². The molecule has 3 rings (SSSR count). The molecule has 1 aliphatic rings. The van der Waals surface area contributed by atoms with Crippen LogP contribution in [0.4, 0.5) is 4.39 Å². The monoisotopic (exact) mass is 366 g/mol. The van der Waals surface area contributed by atoms with Crippen molar-refractivity contribution in [2.75, 3.05) is 0 Å². The van der Waals surface area contributed by atoms with Crippen molar-refractivity contribution in [2.24, 2.45) is 0 Å². The number of benzene rings is 2. The van der Waals surface area contributed by atoms with E-state index in [0.29, 0.717) is 0 Å². The van der Waals surface area contributed by atoms with Gasteiger partial charge in [0, 0.05) is 0 Å². The van der Waals surface area contributed by atoms with Gasteiger partial charge in [0.15, 0.2) is 0 Å². The Bertz CT molecular complexity index is 705. The average Bonchev–Trinajstić information content (AvgIpc) is 2.70. The van der Waals surface area contributed by atoms with Gasteiger partial charge in [-0.3, -0.25) is 0 Å². The Morgan fingerprint density at radius 2 is 1.62 bits per heavy atom. The van der Waals surface area contributed by atoms with E-state index in [1.165, 1.54) is 61.4 Å². The van der Waals surface area contributed by atoms with E-state index in [9.17, 15) is 4.39 Å². The third-order valence-electron chi connectivity index (χ3n) is 5.97. The Hall–Kier alpha value is -1.67. The highest BCUT2D eigenvalue weighted by atomic mass is 28.3. The Morgan fingerprint density at radius 1 is 0.885 bits per heavy atom. The Labute approximate surface area is 159 Å². The number of unbranched alkanes of at least 4 members (excludes halogenated alkanes) is 4. The fraction of sp³-hybridized carbons (Fsp3) is 0.417. The largest absolute Gasteiger partial charge is 0.207 e. The van der Waals surface area contributed by atoms with Crippen molar-refractivity contribution in [1.82, 2.24) is 0 Å². The summed E-state index contributed by atoms with van der Waals surface area (Å²) in [5.41, 5.74) is 2.61. The molecule has 0 amide bonds. The molecular formula is C24H31FSi. The van der Waals surface area contributed by atoms with Crippen LogP contribution in [0, 0.1) is 5.82 Å².